The van der Waals surface area contributed by atoms with Gasteiger partial charge in [0.05, 0.1) is 6.61 Å². The van der Waals surface area contributed by atoms with Crippen molar-refractivity contribution in [2.24, 2.45) is 0 Å². The summed E-state index contributed by atoms with van der Waals surface area (Å²) < 4.78 is 28.0. The number of nitrogens with one attached hydrogen (secondary N) is 1. The van der Waals surface area contributed by atoms with E-state index in [-0.39, 0.29) is 17.7 Å². The summed E-state index contributed by atoms with van der Waals surface area (Å²) in [7, 11) is 0. The number of anilines is 2. The Labute approximate surface area is 96.0 Å². The highest BCUT2D eigenvalue weighted by Crippen LogP contribution is 2.11. The van der Waals surface area contributed by atoms with Crippen LogP contribution < -0.4 is 11.1 Å². The molecular formula is C8H11ClF2N4O. The lowest BCUT2D eigenvalue weighted by molar-refractivity contribution is 0.0215. The molecule has 0 saturated carbocycles. The molecule has 3 N–H and O–H groups in total. The highest BCUT2D eigenvalue weighted by Gasteiger charge is 2.02. The van der Waals surface area contributed by atoms with E-state index in [0.717, 1.165) is 0 Å². The largest absolute Gasteiger partial charge is 0.374 e. The number of hydrogen-bond acceptors (Lipinski definition) is 5. The van der Waals surface area contributed by atoms with E-state index >= 15 is 0 Å². The number of rotatable bonds is 6. The number of halogens is 3. The maximum Gasteiger partial charge on any atom is 0.261 e. The maximum atomic E-state index is 11.7. The monoisotopic (exact) mass is 252 g/mol. The summed E-state index contributed by atoms with van der Waals surface area (Å²) in [5.74, 6) is 0.474. The Kier molecular flexibility index (Phi) is 5.13. The van der Waals surface area contributed by atoms with Gasteiger partial charge in [0, 0.05) is 12.6 Å². The van der Waals surface area contributed by atoms with Crippen LogP contribution in [0.25, 0.3) is 0 Å². The Balaban J connectivity index is 2.26. The maximum absolute atomic E-state index is 11.7. The van der Waals surface area contributed by atoms with Crippen molar-refractivity contribution in [1.29, 1.82) is 0 Å². The van der Waals surface area contributed by atoms with Crippen LogP contribution in [0.1, 0.15) is 0 Å². The van der Waals surface area contributed by atoms with Crippen molar-refractivity contribution < 1.29 is 13.5 Å². The van der Waals surface area contributed by atoms with E-state index in [4.69, 9.17) is 17.3 Å². The van der Waals surface area contributed by atoms with Gasteiger partial charge >= 0.3 is 0 Å². The molecule has 0 aliphatic rings. The van der Waals surface area contributed by atoms with Gasteiger partial charge in [-0.15, -0.1) is 0 Å². The van der Waals surface area contributed by atoms with E-state index in [9.17, 15) is 8.78 Å². The fourth-order valence-electron chi connectivity index (χ4n) is 0.949. The molecule has 8 heteroatoms. The second kappa shape index (κ2) is 6.39. The predicted molar refractivity (Wildman–Crippen MR) is 56.8 cm³/mol. The van der Waals surface area contributed by atoms with Crippen molar-refractivity contribution in [1.82, 2.24) is 9.97 Å². The summed E-state index contributed by atoms with van der Waals surface area (Å²) >= 11 is 5.63. The van der Waals surface area contributed by atoms with Gasteiger partial charge in [0.15, 0.2) is 0 Å². The normalized spacial score (nSPS) is 10.8. The molecule has 1 aromatic heterocycles. The van der Waals surface area contributed by atoms with Crippen molar-refractivity contribution in [3.63, 3.8) is 0 Å². The molecule has 0 spiro atoms. The molecule has 16 heavy (non-hydrogen) atoms. The number of hydrogen-bond donors (Lipinski definition) is 2. The minimum Gasteiger partial charge on any atom is -0.374 e. The van der Waals surface area contributed by atoms with Crippen LogP contribution in [0.4, 0.5) is 20.5 Å². The summed E-state index contributed by atoms with van der Waals surface area (Å²) in [4.78, 5) is 7.50. The lowest BCUT2D eigenvalue weighted by atomic mass is 10.5. The standard InChI is InChI=1S/C8H11ClF2N4O/c9-5-3-7(15-8(12)14-5)13-1-2-16-4-6(10)11/h3,6H,1-2,4H2,(H3,12,13,14,15). The molecular weight excluding hydrogens is 242 g/mol. The van der Waals surface area contributed by atoms with Gasteiger partial charge in [0.25, 0.3) is 6.43 Å². The Hall–Kier alpha value is -1.21. The zero-order chi connectivity index (χ0) is 12.0. The van der Waals surface area contributed by atoms with E-state index in [1.807, 2.05) is 0 Å². The Morgan fingerprint density at radius 3 is 2.88 bits per heavy atom. The molecule has 90 valence electrons. The first-order valence-corrected chi connectivity index (χ1v) is 4.85. The molecule has 0 radical (unpaired) electrons. The highest BCUT2D eigenvalue weighted by atomic mass is 35.5. The first-order valence-electron chi connectivity index (χ1n) is 4.48. The molecule has 0 fully saturated rings. The zero-order valence-corrected chi connectivity index (χ0v) is 9.05. The molecule has 0 aliphatic carbocycles. The smallest absolute Gasteiger partial charge is 0.261 e. The minimum absolute atomic E-state index is 0.0449. The molecule has 5 nitrogen and oxygen atoms in total. The van der Waals surface area contributed by atoms with Crippen LogP contribution in [-0.4, -0.2) is 36.2 Å². The van der Waals surface area contributed by atoms with Gasteiger partial charge in [-0.05, 0) is 0 Å². The molecule has 0 aromatic carbocycles. The second-order valence-corrected chi connectivity index (χ2v) is 3.21. The number of nitrogens with two attached hydrogens (primary N) is 1. The number of nitrogen functional groups attached to an aromatic ring is 1. The molecule has 0 bridgehead atoms. The van der Waals surface area contributed by atoms with Crippen LogP contribution in [-0.2, 0) is 4.74 Å². The summed E-state index contributed by atoms with van der Waals surface area (Å²) in [6, 6.07) is 1.48. The predicted octanol–water partition coefficient (Wildman–Crippen LogP) is 1.41. The molecule has 1 heterocycles. The van der Waals surface area contributed by atoms with Gasteiger partial charge in [-0.25, -0.2) is 13.8 Å². The quantitative estimate of drug-likeness (QED) is 0.592. The van der Waals surface area contributed by atoms with Gasteiger partial charge in [0.1, 0.15) is 17.6 Å². The summed E-state index contributed by atoms with van der Waals surface area (Å²) in [5, 5.41) is 3.03. The van der Waals surface area contributed by atoms with Crippen LogP contribution in [0.15, 0.2) is 6.07 Å². The molecule has 1 rings (SSSR count). The SMILES string of the molecule is Nc1nc(Cl)cc(NCCOCC(F)F)n1. The third-order valence-corrected chi connectivity index (χ3v) is 1.70. The van der Waals surface area contributed by atoms with E-state index in [2.05, 4.69) is 20.0 Å². The third kappa shape index (κ3) is 5.04. The number of alkyl halides is 2. The zero-order valence-electron chi connectivity index (χ0n) is 8.29. The van der Waals surface area contributed by atoms with Gasteiger partial charge < -0.3 is 15.8 Å². The summed E-state index contributed by atoms with van der Waals surface area (Å²) in [5.41, 5.74) is 5.35. The molecule has 0 amide bonds. The van der Waals surface area contributed by atoms with E-state index in [1.165, 1.54) is 6.07 Å². The van der Waals surface area contributed by atoms with Gasteiger partial charge in [0.2, 0.25) is 5.95 Å². The van der Waals surface area contributed by atoms with Crippen molar-refractivity contribution in [3.05, 3.63) is 11.2 Å². The molecule has 0 unspecified atom stereocenters. The fourth-order valence-corrected chi connectivity index (χ4v) is 1.14. The number of aromatic nitrogens is 2. The van der Waals surface area contributed by atoms with Crippen molar-refractivity contribution in [2.45, 2.75) is 6.43 Å². The van der Waals surface area contributed by atoms with Crippen molar-refractivity contribution in [3.8, 4) is 0 Å². The molecule has 1 aromatic rings. The van der Waals surface area contributed by atoms with Crippen molar-refractivity contribution >= 4 is 23.4 Å². The Morgan fingerprint density at radius 2 is 2.25 bits per heavy atom. The average molecular weight is 253 g/mol. The van der Waals surface area contributed by atoms with E-state index in [0.29, 0.717) is 12.4 Å². The lowest BCUT2D eigenvalue weighted by Gasteiger charge is -2.06. The first-order chi connectivity index (χ1) is 7.58. The lowest BCUT2D eigenvalue weighted by Crippen LogP contribution is -2.14. The Morgan fingerprint density at radius 1 is 1.50 bits per heavy atom. The fraction of sp³-hybridized carbons (Fsp3) is 0.500. The average Bonchev–Trinajstić information content (AvgIpc) is 2.15. The summed E-state index contributed by atoms with van der Waals surface area (Å²) in [6.07, 6.45) is -2.45. The molecule has 0 aliphatic heterocycles. The van der Waals surface area contributed by atoms with Crippen LogP contribution in [0.5, 0.6) is 0 Å². The van der Waals surface area contributed by atoms with Gasteiger partial charge in [-0.3, -0.25) is 0 Å². The summed E-state index contributed by atoms with van der Waals surface area (Å²) in [6.45, 7) is -0.0975. The van der Waals surface area contributed by atoms with Gasteiger partial charge in [-0.2, -0.15) is 4.98 Å². The van der Waals surface area contributed by atoms with Crippen LogP contribution in [0.2, 0.25) is 5.15 Å². The first kappa shape index (κ1) is 12.9. The van der Waals surface area contributed by atoms with Crippen LogP contribution in [0.3, 0.4) is 0 Å². The van der Waals surface area contributed by atoms with E-state index in [1.54, 1.807) is 0 Å². The second-order valence-electron chi connectivity index (χ2n) is 2.83. The van der Waals surface area contributed by atoms with Gasteiger partial charge in [-0.1, -0.05) is 11.6 Å². The third-order valence-electron chi connectivity index (χ3n) is 1.51. The number of nitrogens with zero attached hydrogens (tertiary/aromatic N) is 2. The molecule has 0 saturated heterocycles. The molecule has 0 atom stereocenters. The Bertz CT molecular complexity index is 320. The van der Waals surface area contributed by atoms with Crippen molar-refractivity contribution in [2.75, 3.05) is 30.8 Å². The van der Waals surface area contributed by atoms with E-state index < -0.39 is 13.0 Å². The topological polar surface area (TPSA) is 73.1 Å². The highest BCUT2D eigenvalue weighted by molar-refractivity contribution is 6.29. The minimum atomic E-state index is -2.45. The van der Waals surface area contributed by atoms with Crippen LogP contribution in [0, 0.1) is 0 Å². The number of ether oxygens (including phenoxy) is 1. The van der Waals surface area contributed by atoms with Crippen LogP contribution >= 0.6 is 11.6 Å².